The van der Waals surface area contributed by atoms with Crippen LogP contribution in [0.3, 0.4) is 0 Å². The van der Waals surface area contributed by atoms with Crippen LogP contribution in [0.1, 0.15) is 29.7 Å². The van der Waals surface area contributed by atoms with E-state index in [1.807, 2.05) is 42.5 Å². The van der Waals surface area contributed by atoms with Gasteiger partial charge in [0.05, 0.1) is 43.9 Å². The number of nitrogens with zero attached hydrogens (tertiary/aromatic N) is 3. The van der Waals surface area contributed by atoms with E-state index in [0.717, 1.165) is 42.8 Å². The van der Waals surface area contributed by atoms with Crippen molar-refractivity contribution in [2.24, 2.45) is 0 Å². The van der Waals surface area contributed by atoms with Crippen LogP contribution in [0.25, 0.3) is 10.9 Å². The predicted octanol–water partition coefficient (Wildman–Crippen LogP) is 3.20. The van der Waals surface area contributed by atoms with Crippen molar-refractivity contribution < 1.29 is 9.47 Å². The Hall–Kier alpha value is -3.78. The van der Waals surface area contributed by atoms with Crippen LogP contribution in [0.4, 0.5) is 0 Å². The average Bonchev–Trinajstić information content (AvgIpc) is 3.49. The van der Waals surface area contributed by atoms with Gasteiger partial charge in [0, 0.05) is 18.7 Å². The molecule has 0 unspecified atom stereocenters. The highest BCUT2D eigenvalue weighted by atomic mass is 16.5. The van der Waals surface area contributed by atoms with Crippen LogP contribution in [0.2, 0.25) is 0 Å². The molecule has 0 aliphatic carbocycles. The molecule has 0 amide bonds. The van der Waals surface area contributed by atoms with Gasteiger partial charge in [0.25, 0.3) is 11.1 Å². The van der Waals surface area contributed by atoms with Gasteiger partial charge in [0.2, 0.25) is 0 Å². The maximum absolute atomic E-state index is 13.6. The fourth-order valence-electron chi connectivity index (χ4n) is 4.86. The van der Waals surface area contributed by atoms with Crippen LogP contribution < -0.4 is 20.6 Å². The van der Waals surface area contributed by atoms with Crippen LogP contribution >= 0.6 is 0 Å². The predicted molar refractivity (Wildman–Crippen MR) is 136 cm³/mol. The molecule has 3 heterocycles. The Kier molecular flexibility index (Phi) is 6.46. The lowest BCUT2D eigenvalue weighted by Gasteiger charge is -2.20. The van der Waals surface area contributed by atoms with E-state index in [4.69, 9.17) is 9.47 Å². The number of benzene rings is 2. The van der Waals surface area contributed by atoms with Gasteiger partial charge in [-0.25, -0.2) is 4.68 Å². The van der Waals surface area contributed by atoms with Crippen molar-refractivity contribution in [2.75, 3.05) is 27.3 Å². The lowest BCUT2D eigenvalue weighted by molar-refractivity contribution is 0.322. The van der Waals surface area contributed by atoms with Crippen LogP contribution in [0, 0.1) is 0 Å². The summed E-state index contributed by atoms with van der Waals surface area (Å²) in [7, 11) is 3.20. The first-order chi connectivity index (χ1) is 17.1. The molecule has 1 aliphatic heterocycles. The lowest BCUT2D eigenvalue weighted by atomic mass is 10.1. The van der Waals surface area contributed by atoms with Crippen LogP contribution in [0.5, 0.6) is 11.5 Å². The van der Waals surface area contributed by atoms with E-state index in [1.165, 1.54) is 6.07 Å². The number of hydrogen-bond acceptors (Lipinski definition) is 5. The van der Waals surface area contributed by atoms with Gasteiger partial charge in [-0.05, 0) is 49.2 Å². The molecular formula is C27H30N4O4. The molecule has 1 saturated heterocycles. The first-order valence-electron chi connectivity index (χ1n) is 11.9. The zero-order valence-corrected chi connectivity index (χ0v) is 20.1. The Balaban J connectivity index is 1.63. The summed E-state index contributed by atoms with van der Waals surface area (Å²) in [5, 5.41) is 3.75. The first-order valence-corrected chi connectivity index (χ1v) is 11.9. The van der Waals surface area contributed by atoms with E-state index in [1.54, 1.807) is 29.5 Å². The number of hydrogen-bond donors (Lipinski definition) is 1. The summed E-state index contributed by atoms with van der Waals surface area (Å²) in [5.74, 6) is 1.31. The third-order valence-corrected chi connectivity index (χ3v) is 6.64. The number of H-pyrrole nitrogens is 1. The number of ether oxygens (including phenoxy) is 2. The minimum atomic E-state index is -0.151. The monoisotopic (exact) mass is 474 g/mol. The third-order valence-electron chi connectivity index (χ3n) is 6.64. The van der Waals surface area contributed by atoms with Crippen LogP contribution in [-0.2, 0) is 19.6 Å². The second-order valence-electron chi connectivity index (χ2n) is 9.00. The van der Waals surface area contributed by atoms with Crippen molar-refractivity contribution in [1.29, 1.82) is 0 Å². The third kappa shape index (κ3) is 4.74. The summed E-state index contributed by atoms with van der Waals surface area (Å²) in [6.07, 6.45) is 2.25. The van der Waals surface area contributed by atoms with E-state index >= 15 is 0 Å². The SMILES string of the molecule is COc1cc(Cn2c(CN3CCCC3)c3c(=O)n(Cc4ccccc4)[nH]c3cc2=O)cc(OC)c1. The molecule has 0 saturated carbocycles. The molecule has 4 aromatic rings. The van der Waals surface area contributed by atoms with E-state index in [-0.39, 0.29) is 11.1 Å². The highest BCUT2D eigenvalue weighted by Crippen LogP contribution is 2.24. The Morgan fingerprint density at radius 1 is 0.829 bits per heavy atom. The van der Waals surface area contributed by atoms with E-state index in [0.29, 0.717) is 42.0 Å². The van der Waals surface area contributed by atoms with Crippen LogP contribution in [0.15, 0.2) is 64.2 Å². The summed E-state index contributed by atoms with van der Waals surface area (Å²) < 4.78 is 14.1. The normalized spacial score (nSPS) is 14.0. The van der Waals surface area contributed by atoms with Crippen molar-refractivity contribution in [3.63, 3.8) is 0 Å². The molecule has 0 bridgehead atoms. The number of rotatable bonds is 8. The fourth-order valence-corrected chi connectivity index (χ4v) is 4.86. The minimum Gasteiger partial charge on any atom is -0.497 e. The fraction of sp³-hybridized carbons (Fsp3) is 0.333. The van der Waals surface area contributed by atoms with Gasteiger partial charge in [0.15, 0.2) is 0 Å². The molecule has 0 spiro atoms. The van der Waals surface area contributed by atoms with Gasteiger partial charge in [-0.3, -0.25) is 19.6 Å². The molecule has 5 rings (SSSR count). The van der Waals surface area contributed by atoms with E-state index < -0.39 is 0 Å². The number of nitrogens with one attached hydrogen (secondary N) is 1. The molecular weight excluding hydrogens is 444 g/mol. The molecule has 1 aliphatic rings. The molecule has 1 N–H and O–H groups in total. The molecule has 182 valence electrons. The number of fused-ring (bicyclic) bond motifs is 1. The Morgan fingerprint density at radius 2 is 1.51 bits per heavy atom. The zero-order valence-electron chi connectivity index (χ0n) is 20.1. The van der Waals surface area contributed by atoms with E-state index in [2.05, 4.69) is 10.00 Å². The Bertz CT molecular complexity index is 1420. The lowest BCUT2D eigenvalue weighted by Crippen LogP contribution is -2.30. The first kappa shape index (κ1) is 23.0. The van der Waals surface area contributed by atoms with E-state index in [9.17, 15) is 9.59 Å². The maximum atomic E-state index is 13.6. The largest absolute Gasteiger partial charge is 0.497 e. The average molecular weight is 475 g/mol. The smallest absolute Gasteiger partial charge is 0.276 e. The number of aromatic amines is 1. The highest BCUT2D eigenvalue weighted by Gasteiger charge is 2.21. The molecule has 2 aromatic heterocycles. The summed E-state index contributed by atoms with van der Waals surface area (Å²) in [6, 6.07) is 16.9. The summed E-state index contributed by atoms with van der Waals surface area (Å²) >= 11 is 0. The zero-order chi connectivity index (χ0) is 24.4. The van der Waals surface area contributed by atoms with Crippen molar-refractivity contribution in [2.45, 2.75) is 32.5 Å². The van der Waals surface area contributed by atoms with Gasteiger partial charge in [0.1, 0.15) is 11.5 Å². The number of aromatic nitrogens is 3. The molecule has 8 heteroatoms. The van der Waals surface area contributed by atoms with Crippen molar-refractivity contribution >= 4 is 10.9 Å². The van der Waals surface area contributed by atoms with Gasteiger partial charge in [-0.1, -0.05) is 30.3 Å². The van der Waals surface area contributed by atoms with Crippen molar-refractivity contribution in [1.82, 2.24) is 19.2 Å². The molecule has 0 radical (unpaired) electrons. The number of likely N-dealkylation sites (tertiary alicyclic amines) is 1. The minimum absolute atomic E-state index is 0.116. The molecule has 35 heavy (non-hydrogen) atoms. The number of pyridine rings is 1. The van der Waals surface area contributed by atoms with Crippen molar-refractivity contribution in [3.05, 3.63) is 92.1 Å². The molecule has 0 atom stereocenters. The molecule has 1 fully saturated rings. The molecule has 2 aromatic carbocycles. The standard InChI is InChI=1S/C27H30N4O4/c1-34-21-12-20(13-22(14-21)35-2)16-30-24(18-29-10-6-7-11-29)26-23(15-25(30)32)28-31(27(26)33)17-19-8-4-3-5-9-19/h3-5,8-9,12-15,28H,6-7,10-11,16-18H2,1-2H3. The van der Waals surface area contributed by atoms with Crippen molar-refractivity contribution in [3.8, 4) is 11.5 Å². The number of methoxy groups -OCH3 is 2. The van der Waals surface area contributed by atoms with Gasteiger partial charge >= 0.3 is 0 Å². The summed E-state index contributed by atoms with van der Waals surface area (Å²) in [5.41, 5.74) is 2.93. The van der Waals surface area contributed by atoms with Crippen LogP contribution in [-0.4, -0.2) is 46.6 Å². The van der Waals surface area contributed by atoms with Gasteiger partial charge in [-0.2, -0.15) is 0 Å². The molecule has 8 nitrogen and oxygen atoms in total. The summed E-state index contributed by atoms with van der Waals surface area (Å²) in [4.78, 5) is 29.3. The van der Waals surface area contributed by atoms with Gasteiger partial charge < -0.3 is 14.0 Å². The topological polar surface area (TPSA) is 81.5 Å². The summed E-state index contributed by atoms with van der Waals surface area (Å²) in [6.45, 7) is 3.19. The quantitative estimate of drug-likeness (QED) is 0.424. The van der Waals surface area contributed by atoms with Gasteiger partial charge in [-0.15, -0.1) is 0 Å². The Labute approximate surface area is 203 Å². The highest BCUT2D eigenvalue weighted by molar-refractivity contribution is 5.80. The second-order valence-corrected chi connectivity index (χ2v) is 9.00. The Morgan fingerprint density at radius 3 is 2.17 bits per heavy atom. The second kappa shape index (κ2) is 9.84. The maximum Gasteiger partial charge on any atom is 0.276 e.